The van der Waals surface area contributed by atoms with Gasteiger partial charge in [0.15, 0.2) is 11.5 Å². The largest absolute Gasteiger partial charge is 0.493 e. The quantitative estimate of drug-likeness (QED) is 0.578. The van der Waals surface area contributed by atoms with Gasteiger partial charge in [0.05, 0.1) is 14.2 Å². The predicted octanol–water partition coefficient (Wildman–Crippen LogP) is 4.41. The number of hydrogen-bond donors (Lipinski definition) is 0. The molecule has 0 bridgehead atoms. The van der Waals surface area contributed by atoms with Crippen LogP contribution in [-0.4, -0.2) is 44.7 Å². The van der Waals surface area contributed by atoms with Crippen molar-refractivity contribution in [2.45, 2.75) is 34.6 Å². The fourth-order valence-electron chi connectivity index (χ4n) is 2.65. The molecule has 0 heterocycles. The lowest BCUT2D eigenvalue weighted by atomic mass is 10.1. The summed E-state index contributed by atoms with van der Waals surface area (Å²) in [6.45, 7) is 15.9. The number of benzene rings is 1. The van der Waals surface area contributed by atoms with Crippen molar-refractivity contribution in [1.82, 2.24) is 4.90 Å². The lowest BCUT2D eigenvalue weighted by Gasteiger charge is -2.27. The molecule has 0 spiro atoms. The molecule has 26 heavy (non-hydrogen) atoms. The molecule has 0 radical (unpaired) electrons. The third kappa shape index (κ3) is 6.28. The van der Waals surface area contributed by atoms with Crippen molar-refractivity contribution in [2.24, 2.45) is 11.8 Å². The Labute approximate surface area is 157 Å². The smallest absolute Gasteiger partial charge is 0.254 e. The summed E-state index contributed by atoms with van der Waals surface area (Å²) in [6.07, 6.45) is 0. The average Bonchev–Trinajstić information content (AvgIpc) is 2.56. The van der Waals surface area contributed by atoms with Crippen LogP contribution < -0.4 is 14.2 Å². The Morgan fingerprint density at radius 2 is 1.50 bits per heavy atom. The molecule has 0 aliphatic carbocycles. The molecule has 0 aromatic heterocycles. The second kappa shape index (κ2) is 10.1. The molecule has 1 aromatic rings. The van der Waals surface area contributed by atoms with E-state index >= 15 is 0 Å². The summed E-state index contributed by atoms with van der Waals surface area (Å²) in [6, 6.07) is 3.43. The highest BCUT2D eigenvalue weighted by atomic mass is 16.5. The monoisotopic (exact) mass is 363 g/mol. The van der Waals surface area contributed by atoms with Crippen LogP contribution in [0.3, 0.4) is 0 Å². The van der Waals surface area contributed by atoms with Crippen LogP contribution in [0.5, 0.6) is 17.2 Å². The van der Waals surface area contributed by atoms with Gasteiger partial charge in [-0.3, -0.25) is 4.79 Å². The zero-order chi connectivity index (χ0) is 19.9. The maximum atomic E-state index is 13.1. The lowest BCUT2D eigenvalue weighted by molar-refractivity contribution is 0.0714. The van der Waals surface area contributed by atoms with E-state index in [-0.39, 0.29) is 5.91 Å². The summed E-state index contributed by atoms with van der Waals surface area (Å²) in [7, 11) is 3.10. The van der Waals surface area contributed by atoms with Crippen LogP contribution in [0.2, 0.25) is 0 Å². The van der Waals surface area contributed by atoms with E-state index in [1.54, 1.807) is 26.4 Å². The van der Waals surface area contributed by atoms with E-state index in [2.05, 4.69) is 34.3 Å². The van der Waals surface area contributed by atoms with Crippen LogP contribution in [0.25, 0.3) is 0 Å². The highest BCUT2D eigenvalue weighted by Crippen LogP contribution is 2.39. The molecule has 0 atom stereocenters. The number of carbonyl (C=O) groups is 1. The minimum Gasteiger partial charge on any atom is -0.493 e. The van der Waals surface area contributed by atoms with Gasteiger partial charge in [-0.05, 0) is 36.5 Å². The number of carbonyl (C=O) groups excluding carboxylic acids is 1. The molecule has 5 nitrogen and oxygen atoms in total. The van der Waals surface area contributed by atoms with Gasteiger partial charge in [-0.15, -0.1) is 0 Å². The van der Waals surface area contributed by atoms with Crippen LogP contribution in [0.1, 0.15) is 45.0 Å². The molecule has 1 amide bonds. The molecule has 0 aliphatic rings. The second-order valence-electron chi connectivity index (χ2n) is 7.45. The normalized spacial score (nSPS) is 10.8. The molecule has 0 saturated heterocycles. The number of amides is 1. The van der Waals surface area contributed by atoms with Crippen molar-refractivity contribution in [3.05, 3.63) is 29.8 Å². The third-order valence-corrected chi connectivity index (χ3v) is 3.63. The van der Waals surface area contributed by atoms with Crippen molar-refractivity contribution in [2.75, 3.05) is 33.9 Å². The first-order chi connectivity index (χ1) is 12.2. The summed E-state index contributed by atoms with van der Waals surface area (Å²) in [4.78, 5) is 15.0. The van der Waals surface area contributed by atoms with Crippen molar-refractivity contribution in [3.8, 4) is 17.2 Å². The molecular weight excluding hydrogens is 330 g/mol. The zero-order valence-electron chi connectivity index (χ0n) is 17.2. The van der Waals surface area contributed by atoms with Gasteiger partial charge in [-0.1, -0.05) is 34.3 Å². The first kappa shape index (κ1) is 21.9. The van der Waals surface area contributed by atoms with Gasteiger partial charge < -0.3 is 19.1 Å². The minimum atomic E-state index is -0.0320. The summed E-state index contributed by atoms with van der Waals surface area (Å²) < 4.78 is 16.7. The maximum Gasteiger partial charge on any atom is 0.254 e. The van der Waals surface area contributed by atoms with E-state index in [1.807, 2.05) is 11.8 Å². The number of nitrogens with zero attached hydrogens (tertiary/aromatic N) is 1. The minimum absolute atomic E-state index is 0.0320. The Morgan fingerprint density at radius 3 is 1.85 bits per heavy atom. The Morgan fingerprint density at radius 1 is 1.04 bits per heavy atom. The van der Waals surface area contributed by atoms with E-state index in [4.69, 9.17) is 14.2 Å². The van der Waals surface area contributed by atoms with Crippen molar-refractivity contribution in [1.29, 1.82) is 0 Å². The fraction of sp³-hybridized carbons (Fsp3) is 0.571. The van der Waals surface area contributed by atoms with E-state index in [1.165, 1.54) is 0 Å². The number of rotatable bonds is 10. The topological polar surface area (TPSA) is 48.0 Å². The van der Waals surface area contributed by atoms with Crippen LogP contribution in [0.4, 0.5) is 0 Å². The van der Waals surface area contributed by atoms with Crippen LogP contribution in [0.15, 0.2) is 24.3 Å². The Hall–Kier alpha value is -2.17. The molecule has 0 N–H and O–H groups in total. The third-order valence-electron chi connectivity index (χ3n) is 3.63. The predicted molar refractivity (Wildman–Crippen MR) is 105 cm³/mol. The molecular formula is C21H33NO4. The lowest BCUT2D eigenvalue weighted by Crippen LogP contribution is -2.37. The van der Waals surface area contributed by atoms with E-state index in [9.17, 15) is 4.79 Å². The molecule has 0 fully saturated rings. The molecule has 146 valence electrons. The molecule has 0 aliphatic heterocycles. The number of methoxy groups -OCH3 is 2. The van der Waals surface area contributed by atoms with Gasteiger partial charge in [0.25, 0.3) is 5.91 Å². The SMILES string of the molecule is C=C(C)COc1c(OC)cc(C(=O)N(CC(C)C)CC(C)C)cc1OC. The van der Waals surface area contributed by atoms with Crippen LogP contribution in [0, 0.1) is 11.8 Å². The summed E-state index contributed by atoms with van der Waals surface area (Å²) in [5.74, 6) is 2.18. The number of ether oxygens (including phenoxy) is 3. The van der Waals surface area contributed by atoms with E-state index in [0.717, 1.165) is 5.57 Å². The van der Waals surface area contributed by atoms with Gasteiger partial charge in [-0.25, -0.2) is 0 Å². The molecule has 1 aromatic carbocycles. The summed E-state index contributed by atoms with van der Waals surface area (Å²) in [5.41, 5.74) is 1.41. The van der Waals surface area contributed by atoms with Crippen molar-refractivity contribution < 1.29 is 19.0 Å². The highest BCUT2D eigenvalue weighted by Gasteiger charge is 2.22. The Kier molecular flexibility index (Phi) is 8.49. The van der Waals surface area contributed by atoms with Crippen molar-refractivity contribution >= 4 is 5.91 Å². The Balaban J connectivity index is 3.25. The van der Waals surface area contributed by atoms with Crippen LogP contribution in [-0.2, 0) is 0 Å². The fourth-order valence-corrected chi connectivity index (χ4v) is 2.65. The summed E-state index contributed by atoms with van der Waals surface area (Å²) >= 11 is 0. The summed E-state index contributed by atoms with van der Waals surface area (Å²) in [5, 5.41) is 0. The molecule has 5 heteroatoms. The van der Waals surface area contributed by atoms with Crippen LogP contribution >= 0.6 is 0 Å². The van der Waals surface area contributed by atoms with Crippen molar-refractivity contribution in [3.63, 3.8) is 0 Å². The van der Waals surface area contributed by atoms with Gasteiger partial charge in [0.2, 0.25) is 5.75 Å². The van der Waals surface area contributed by atoms with Gasteiger partial charge in [0.1, 0.15) is 6.61 Å². The highest BCUT2D eigenvalue weighted by molar-refractivity contribution is 5.95. The second-order valence-corrected chi connectivity index (χ2v) is 7.45. The van der Waals surface area contributed by atoms with Gasteiger partial charge >= 0.3 is 0 Å². The first-order valence-corrected chi connectivity index (χ1v) is 9.02. The number of hydrogen-bond acceptors (Lipinski definition) is 4. The van der Waals surface area contributed by atoms with E-state index in [0.29, 0.717) is 54.3 Å². The average molecular weight is 363 g/mol. The molecule has 1 rings (SSSR count). The van der Waals surface area contributed by atoms with E-state index < -0.39 is 0 Å². The zero-order valence-corrected chi connectivity index (χ0v) is 17.2. The standard InChI is InChI=1S/C21H33NO4/c1-14(2)11-22(12-15(3)4)21(23)17-9-18(24-7)20(19(10-17)25-8)26-13-16(5)6/h9-10,14-15H,5,11-13H2,1-4,6-8H3. The first-order valence-electron chi connectivity index (χ1n) is 9.02. The molecule has 0 unspecified atom stereocenters. The van der Waals surface area contributed by atoms with Gasteiger partial charge in [-0.2, -0.15) is 0 Å². The van der Waals surface area contributed by atoms with Gasteiger partial charge in [0, 0.05) is 18.7 Å². The Bertz CT molecular complexity index is 587. The maximum absolute atomic E-state index is 13.1. The molecule has 0 saturated carbocycles.